The van der Waals surface area contributed by atoms with Gasteiger partial charge in [0, 0.05) is 29.7 Å². The molecule has 0 fully saturated rings. The van der Waals surface area contributed by atoms with Gasteiger partial charge in [0.25, 0.3) is 0 Å². The summed E-state index contributed by atoms with van der Waals surface area (Å²) >= 11 is 6.02. The lowest BCUT2D eigenvalue weighted by Gasteiger charge is -2.03. The van der Waals surface area contributed by atoms with Gasteiger partial charge in [-0.05, 0) is 12.1 Å². The maximum absolute atomic E-state index is 8.57. The molecule has 3 nitrogen and oxygen atoms in total. The summed E-state index contributed by atoms with van der Waals surface area (Å²) in [5.41, 5.74) is 2.47. The normalized spacial score (nSPS) is 9.75. The van der Waals surface area contributed by atoms with Gasteiger partial charge in [-0.15, -0.1) is 0 Å². The molecule has 0 spiro atoms. The number of pyridine rings is 2. The lowest BCUT2D eigenvalue weighted by atomic mass is 10.1. The molecule has 2 aromatic heterocycles. The van der Waals surface area contributed by atoms with Gasteiger partial charge in [0.15, 0.2) is 0 Å². The van der Waals surface area contributed by atoms with Crippen LogP contribution in [0.25, 0.3) is 11.1 Å². The molecule has 0 aliphatic heterocycles. The van der Waals surface area contributed by atoms with Crippen LogP contribution in [0.4, 0.5) is 0 Å². The van der Waals surface area contributed by atoms with Gasteiger partial charge in [0.1, 0.15) is 0 Å². The number of nitriles is 1. The first-order chi connectivity index (χ1) is 7.81. The number of aromatic nitrogens is 2. The van der Waals surface area contributed by atoms with E-state index in [1.165, 1.54) is 0 Å². The molecule has 0 saturated carbocycles. The molecule has 16 heavy (non-hydrogen) atoms. The fourth-order valence-corrected chi connectivity index (χ4v) is 1.60. The van der Waals surface area contributed by atoms with Crippen LogP contribution in [-0.4, -0.2) is 9.97 Å². The maximum atomic E-state index is 8.57. The maximum Gasteiger partial charge on any atom is 0.0789 e. The van der Waals surface area contributed by atoms with Crippen LogP contribution in [0.1, 0.15) is 5.69 Å². The van der Waals surface area contributed by atoms with Crippen LogP contribution < -0.4 is 0 Å². The quantitative estimate of drug-likeness (QED) is 0.796. The zero-order valence-corrected chi connectivity index (χ0v) is 9.15. The number of nitrogens with zero attached hydrogens (tertiary/aromatic N) is 3. The Bertz CT molecular complexity index is 532. The van der Waals surface area contributed by atoms with E-state index in [4.69, 9.17) is 16.9 Å². The fraction of sp³-hybridized carbons (Fsp3) is 0.0833. The van der Waals surface area contributed by atoms with Crippen LogP contribution in [0.5, 0.6) is 0 Å². The fourth-order valence-electron chi connectivity index (χ4n) is 1.36. The molecule has 0 saturated heterocycles. The van der Waals surface area contributed by atoms with Crippen molar-refractivity contribution in [3.05, 3.63) is 47.5 Å². The zero-order chi connectivity index (χ0) is 11.4. The SMILES string of the molecule is N#CCc1ncc(-c2cccnc2)cc1Cl. The summed E-state index contributed by atoms with van der Waals surface area (Å²) < 4.78 is 0. The first kappa shape index (κ1) is 10.6. The van der Waals surface area contributed by atoms with E-state index in [9.17, 15) is 0 Å². The number of halogens is 1. The Hall–Kier alpha value is -1.92. The van der Waals surface area contributed by atoms with Gasteiger partial charge in [-0.2, -0.15) is 5.26 Å². The van der Waals surface area contributed by atoms with E-state index >= 15 is 0 Å². The average molecular weight is 230 g/mol. The molecule has 2 heterocycles. The summed E-state index contributed by atoms with van der Waals surface area (Å²) in [5, 5.41) is 9.09. The molecule has 78 valence electrons. The van der Waals surface area contributed by atoms with Gasteiger partial charge in [-0.25, -0.2) is 0 Å². The summed E-state index contributed by atoms with van der Waals surface area (Å²) in [6, 6.07) is 7.62. The van der Waals surface area contributed by atoms with Gasteiger partial charge in [-0.1, -0.05) is 17.7 Å². The molecule has 0 aromatic carbocycles. The van der Waals surface area contributed by atoms with E-state index in [2.05, 4.69) is 9.97 Å². The van der Waals surface area contributed by atoms with Gasteiger partial charge in [0.2, 0.25) is 0 Å². The molecule has 0 amide bonds. The van der Waals surface area contributed by atoms with Crippen molar-refractivity contribution in [2.75, 3.05) is 0 Å². The Kier molecular flexibility index (Phi) is 3.13. The highest BCUT2D eigenvalue weighted by molar-refractivity contribution is 6.31. The van der Waals surface area contributed by atoms with E-state index in [1.807, 2.05) is 18.2 Å². The monoisotopic (exact) mass is 229 g/mol. The first-order valence-corrected chi connectivity index (χ1v) is 5.11. The lowest BCUT2D eigenvalue weighted by molar-refractivity contribution is 1.12. The highest BCUT2D eigenvalue weighted by Crippen LogP contribution is 2.23. The van der Waals surface area contributed by atoms with Crippen LogP contribution in [0.2, 0.25) is 5.02 Å². The van der Waals surface area contributed by atoms with Crippen molar-refractivity contribution in [1.82, 2.24) is 9.97 Å². The van der Waals surface area contributed by atoms with Crippen LogP contribution in [0.15, 0.2) is 36.8 Å². The van der Waals surface area contributed by atoms with Crippen molar-refractivity contribution in [3.63, 3.8) is 0 Å². The van der Waals surface area contributed by atoms with Gasteiger partial charge in [-0.3, -0.25) is 9.97 Å². The average Bonchev–Trinajstić information content (AvgIpc) is 2.33. The minimum atomic E-state index is 0.228. The van der Waals surface area contributed by atoms with Crippen LogP contribution >= 0.6 is 11.6 Å². The Morgan fingerprint density at radius 3 is 2.81 bits per heavy atom. The van der Waals surface area contributed by atoms with Gasteiger partial charge >= 0.3 is 0 Å². The number of hydrogen-bond donors (Lipinski definition) is 0. The molecule has 0 unspecified atom stereocenters. The number of rotatable bonds is 2. The second-order valence-corrected chi connectivity index (χ2v) is 3.64. The molecule has 0 aliphatic carbocycles. The third kappa shape index (κ3) is 2.18. The van der Waals surface area contributed by atoms with Crippen molar-refractivity contribution < 1.29 is 0 Å². The van der Waals surface area contributed by atoms with Crippen molar-refractivity contribution in [3.8, 4) is 17.2 Å². The molecule has 0 radical (unpaired) electrons. The Balaban J connectivity index is 2.39. The molecule has 0 aliphatic rings. The molecule has 0 atom stereocenters. The van der Waals surface area contributed by atoms with Crippen LogP contribution in [-0.2, 0) is 6.42 Å². The Morgan fingerprint density at radius 1 is 1.31 bits per heavy atom. The minimum absolute atomic E-state index is 0.228. The molecule has 0 N–H and O–H groups in total. The largest absolute Gasteiger partial charge is 0.264 e. The van der Waals surface area contributed by atoms with Crippen molar-refractivity contribution in [2.45, 2.75) is 6.42 Å². The van der Waals surface area contributed by atoms with Crippen LogP contribution in [0.3, 0.4) is 0 Å². The standard InChI is InChI=1S/C12H8ClN3/c13-11-6-10(8-16-12(11)3-4-14)9-2-1-5-15-7-9/h1-2,5-8H,3H2. The smallest absolute Gasteiger partial charge is 0.0789 e. The molecule has 2 rings (SSSR count). The first-order valence-electron chi connectivity index (χ1n) is 4.73. The second kappa shape index (κ2) is 4.73. The third-order valence-electron chi connectivity index (χ3n) is 2.16. The summed E-state index contributed by atoms with van der Waals surface area (Å²) in [6.45, 7) is 0. The predicted octanol–water partition coefficient (Wildman–Crippen LogP) is 2.86. The van der Waals surface area contributed by atoms with Gasteiger partial charge < -0.3 is 0 Å². The van der Waals surface area contributed by atoms with Crippen molar-refractivity contribution in [2.24, 2.45) is 0 Å². The Morgan fingerprint density at radius 2 is 2.19 bits per heavy atom. The molecular formula is C12H8ClN3. The highest BCUT2D eigenvalue weighted by Gasteiger charge is 2.04. The minimum Gasteiger partial charge on any atom is -0.264 e. The molecule has 2 aromatic rings. The lowest BCUT2D eigenvalue weighted by Crippen LogP contribution is -1.90. The third-order valence-corrected chi connectivity index (χ3v) is 2.49. The summed E-state index contributed by atoms with van der Waals surface area (Å²) in [6.07, 6.45) is 5.39. The summed E-state index contributed by atoms with van der Waals surface area (Å²) in [5.74, 6) is 0. The number of hydrogen-bond acceptors (Lipinski definition) is 3. The summed E-state index contributed by atoms with van der Waals surface area (Å²) in [4.78, 5) is 8.19. The zero-order valence-electron chi connectivity index (χ0n) is 8.39. The van der Waals surface area contributed by atoms with Gasteiger partial charge in [0.05, 0.1) is 23.2 Å². The van der Waals surface area contributed by atoms with Crippen molar-refractivity contribution >= 4 is 11.6 Å². The Labute approximate surface area is 98.4 Å². The predicted molar refractivity (Wildman–Crippen MR) is 61.8 cm³/mol. The van der Waals surface area contributed by atoms with E-state index < -0.39 is 0 Å². The van der Waals surface area contributed by atoms with Crippen molar-refractivity contribution in [1.29, 1.82) is 5.26 Å². The highest BCUT2D eigenvalue weighted by atomic mass is 35.5. The van der Waals surface area contributed by atoms with E-state index in [0.717, 1.165) is 11.1 Å². The van der Waals surface area contributed by atoms with E-state index in [-0.39, 0.29) is 6.42 Å². The topological polar surface area (TPSA) is 49.6 Å². The molecule has 0 bridgehead atoms. The van der Waals surface area contributed by atoms with E-state index in [0.29, 0.717) is 10.7 Å². The van der Waals surface area contributed by atoms with E-state index in [1.54, 1.807) is 24.7 Å². The van der Waals surface area contributed by atoms with Crippen LogP contribution in [0, 0.1) is 11.3 Å². The summed E-state index contributed by atoms with van der Waals surface area (Å²) in [7, 11) is 0. The molecule has 4 heteroatoms. The molecular weight excluding hydrogens is 222 g/mol. The second-order valence-electron chi connectivity index (χ2n) is 3.23.